The van der Waals surface area contributed by atoms with Gasteiger partial charge in [0, 0.05) is 13.1 Å². The fourth-order valence-electron chi connectivity index (χ4n) is 3.46. The molecule has 0 saturated heterocycles. The van der Waals surface area contributed by atoms with Crippen LogP contribution in [-0.4, -0.2) is 16.7 Å². The number of carbonyl (C=O) groups is 2. The van der Waals surface area contributed by atoms with Gasteiger partial charge in [0.05, 0.1) is 24.1 Å². The summed E-state index contributed by atoms with van der Waals surface area (Å²) in [6, 6.07) is 11.3. The maximum Gasteiger partial charge on any atom is 0.416 e. The van der Waals surface area contributed by atoms with Crippen LogP contribution in [0.3, 0.4) is 0 Å². The first-order valence-corrected chi connectivity index (χ1v) is 9.19. The topological polar surface area (TPSA) is 49.4 Å². The molecule has 0 aliphatic carbocycles. The normalized spacial score (nSPS) is 16.9. The highest BCUT2D eigenvalue weighted by molar-refractivity contribution is 5.82. The summed E-state index contributed by atoms with van der Waals surface area (Å²) in [6.07, 6.45) is -0.973. The van der Waals surface area contributed by atoms with Crippen molar-refractivity contribution in [1.29, 1.82) is 0 Å². The molecule has 29 heavy (non-hydrogen) atoms. The Kier molecular flexibility index (Phi) is 5.77. The first kappa shape index (κ1) is 20.6. The van der Waals surface area contributed by atoms with Crippen molar-refractivity contribution < 1.29 is 22.8 Å². The number of hydrogen-bond donors (Lipinski definition) is 1. The molecule has 0 saturated carbocycles. The first-order valence-electron chi connectivity index (χ1n) is 9.19. The van der Waals surface area contributed by atoms with Gasteiger partial charge in [-0.3, -0.25) is 9.59 Å². The number of nitrogens with one attached hydrogen (secondary N) is 1. The summed E-state index contributed by atoms with van der Waals surface area (Å²) in [4.78, 5) is 26.2. The lowest BCUT2D eigenvalue weighted by molar-refractivity contribution is -0.137. The number of benzene rings is 2. The van der Waals surface area contributed by atoms with Gasteiger partial charge in [-0.15, -0.1) is 0 Å². The Hall–Kier alpha value is -3.09. The Bertz CT molecular complexity index is 953. The minimum absolute atomic E-state index is 0.00420. The quantitative estimate of drug-likeness (QED) is 0.795. The molecule has 0 aromatic heterocycles. The lowest BCUT2D eigenvalue weighted by atomic mass is 9.93. The summed E-state index contributed by atoms with van der Waals surface area (Å²) in [6.45, 7) is 3.05. The van der Waals surface area contributed by atoms with Crippen LogP contribution in [0, 0.1) is 0 Å². The number of alkyl halides is 3. The number of halogens is 3. The van der Waals surface area contributed by atoms with E-state index in [2.05, 4.69) is 5.32 Å². The molecule has 152 valence electrons. The summed E-state index contributed by atoms with van der Waals surface area (Å²) in [5.41, 5.74) is 1.38. The molecular formula is C22H21F3N2O2. The van der Waals surface area contributed by atoms with Gasteiger partial charge in [-0.2, -0.15) is 13.2 Å². The lowest BCUT2D eigenvalue weighted by Gasteiger charge is -2.32. The third kappa shape index (κ3) is 4.67. The van der Waals surface area contributed by atoms with E-state index in [0.717, 1.165) is 23.3 Å². The summed E-state index contributed by atoms with van der Waals surface area (Å²) in [5, 5.41) is 2.74. The molecule has 0 fully saturated rings. The molecule has 2 atom stereocenters. The maximum atomic E-state index is 12.9. The molecule has 1 aliphatic rings. The van der Waals surface area contributed by atoms with Crippen LogP contribution < -0.4 is 5.32 Å². The number of fused-ring (bicyclic) bond motifs is 1. The molecule has 2 unspecified atom stereocenters. The van der Waals surface area contributed by atoms with Crippen molar-refractivity contribution in [1.82, 2.24) is 10.2 Å². The first-order chi connectivity index (χ1) is 13.7. The molecule has 1 N–H and O–H groups in total. The zero-order chi connectivity index (χ0) is 21.2. The number of amides is 2. The standard InChI is InChI=1S/C22H21F3N2O2/c1-14(17-7-5-8-18(12-17)22(23,24)25)26-21(29)13-20-19-9-4-3-6-16(19)10-11-27(20)15(2)28/h3-12,14,20H,13H2,1-2H3,(H,26,29). The molecular weight excluding hydrogens is 381 g/mol. The molecule has 2 aromatic carbocycles. The van der Waals surface area contributed by atoms with Crippen LogP contribution >= 0.6 is 0 Å². The van der Waals surface area contributed by atoms with E-state index in [0.29, 0.717) is 5.56 Å². The van der Waals surface area contributed by atoms with Crippen molar-refractivity contribution in [2.24, 2.45) is 0 Å². The molecule has 4 nitrogen and oxygen atoms in total. The smallest absolute Gasteiger partial charge is 0.350 e. The second-order valence-corrected chi connectivity index (χ2v) is 7.00. The van der Waals surface area contributed by atoms with Crippen LogP contribution in [0.1, 0.15) is 54.6 Å². The lowest BCUT2D eigenvalue weighted by Crippen LogP contribution is -2.36. The monoisotopic (exact) mass is 402 g/mol. The van der Waals surface area contributed by atoms with Crippen molar-refractivity contribution in [3.05, 3.63) is 77.0 Å². The molecule has 1 heterocycles. The van der Waals surface area contributed by atoms with E-state index < -0.39 is 23.8 Å². The number of rotatable bonds is 4. The Balaban J connectivity index is 1.76. The molecule has 0 bridgehead atoms. The van der Waals surface area contributed by atoms with Crippen LogP contribution in [0.2, 0.25) is 0 Å². The third-order valence-electron chi connectivity index (χ3n) is 4.94. The van der Waals surface area contributed by atoms with Gasteiger partial charge in [0.15, 0.2) is 0 Å². The van der Waals surface area contributed by atoms with E-state index in [1.54, 1.807) is 19.2 Å². The Morgan fingerprint density at radius 1 is 1.14 bits per heavy atom. The van der Waals surface area contributed by atoms with Gasteiger partial charge >= 0.3 is 6.18 Å². The van der Waals surface area contributed by atoms with Crippen molar-refractivity contribution in [2.75, 3.05) is 0 Å². The predicted molar refractivity (Wildman–Crippen MR) is 103 cm³/mol. The van der Waals surface area contributed by atoms with Crippen molar-refractivity contribution in [3.8, 4) is 0 Å². The zero-order valence-corrected chi connectivity index (χ0v) is 16.0. The fourth-order valence-corrected chi connectivity index (χ4v) is 3.46. The van der Waals surface area contributed by atoms with Gasteiger partial charge in [-0.1, -0.05) is 36.4 Å². The zero-order valence-electron chi connectivity index (χ0n) is 16.0. The van der Waals surface area contributed by atoms with Crippen molar-refractivity contribution in [2.45, 2.75) is 38.5 Å². The van der Waals surface area contributed by atoms with E-state index in [-0.39, 0.29) is 18.2 Å². The van der Waals surface area contributed by atoms with Crippen LogP contribution in [-0.2, 0) is 15.8 Å². The van der Waals surface area contributed by atoms with Crippen LogP contribution in [0.15, 0.2) is 54.7 Å². The number of carbonyl (C=O) groups excluding carboxylic acids is 2. The van der Waals surface area contributed by atoms with Gasteiger partial charge in [-0.05, 0) is 41.8 Å². The average Bonchev–Trinajstić information content (AvgIpc) is 2.67. The minimum Gasteiger partial charge on any atom is -0.350 e. The van der Waals surface area contributed by atoms with Crippen molar-refractivity contribution >= 4 is 17.9 Å². The number of nitrogens with zero attached hydrogens (tertiary/aromatic N) is 1. The summed E-state index contributed by atoms with van der Waals surface area (Å²) < 4.78 is 38.8. The molecule has 1 aliphatic heterocycles. The van der Waals surface area contributed by atoms with E-state index in [9.17, 15) is 22.8 Å². The largest absolute Gasteiger partial charge is 0.416 e. The Morgan fingerprint density at radius 3 is 2.55 bits per heavy atom. The highest BCUT2D eigenvalue weighted by Gasteiger charge is 2.31. The van der Waals surface area contributed by atoms with Gasteiger partial charge in [0.25, 0.3) is 0 Å². The van der Waals surface area contributed by atoms with E-state index in [1.165, 1.54) is 17.9 Å². The second-order valence-electron chi connectivity index (χ2n) is 7.00. The van der Waals surface area contributed by atoms with Crippen molar-refractivity contribution in [3.63, 3.8) is 0 Å². The van der Waals surface area contributed by atoms with E-state index in [4.69, 9.17) is 0 Å². The van der Waals surface area contributed by atoms with Crippen LogP contribution in [0.25, 0.3) is 6.08 Å². The van der Waals surface area contributed by atoms with Gasteiger partial charge in [0.1, 0.15) is 0 Å². The third-order valence-corrected chi connectivity index (χ3v) is 4.94. The van der Waals surface area contributed by atoms with Gasteiger partial charge < -0.3 is 10.2 Å². The second kappa shape index (κ2) is 8.11. The average molecular weight is 402 g/mol. The summed E-state index contributed by atoms with van der Waals surface area (Å²) in [5.74, 6) is -0.546. The molecule has 0 radical (unpaired) electrons. The predicted octanol–water partition coefficient (Wildman–Crippen LogP) is 4.85. The highest BCUT2D eigenvalue weighted by Crippen LogP contribution is 2.33. The fraction of sp³-hybridized carbons (Fsp3) is 0.273. The molecule has 7 heteroatoms. The Labute approximate surface area is 167 Å². The van der Waals surface area contributed by atoms with E-state index >= 15 is 0 Å². The molecule has 2 aromatic rings. The molecule has 3 rings (SSSR count). The highest BCUT2D eigenvalue weighted by atomic mass is 19.4. The Morgan fingerprint density at radius 2 is 1.86 bits per heavy atom. The SMILES string of the molecule is CC(=O)N1C=Cc2ccccc2C1CC(=O)NC(C)c1cccc(C(F)(F)F)c1. The van der Waals surface area contributed by atoms with Crippen LogP contribution in [0.4, 0.5) is 13.2 Å². The molecule has 0 spiro atoms. The molecule has 2 amide bonds. The van der Waals surface area contributed by atoms with Crippen LogP contribution in [0.5, 0.6) is 0 Å². The van der Waals surface area contributed by atoms with Gasteiger partial charge in [-0.25, -0.2) is 0 Å². The summed E-state index contributed by atoms with van der Waals surface area (Å²) in [7, 11) is 0. The minimum atomic E-state index is -4.44. The van der Waals surface area contributed by atoms with Gasteiger partial charge in [0.2, 0.25) is 11.8 Å². The number of hydrogen-bond acceptors (Lipinski definition) is 2. The summed E-state index contributed by atoms with van der Waals surface area (Å²) >= 11 is 0. The maximum absolute atomic E-state index is 12.9. The van der Waals surface area contributed by atoms with E-state index in [1.807, 2.05) is 30.3 Å².